The van der Waals surface area contributed by atoms with Crippen LogP contribution in [0.2, 0.25) is 0 Å². The number of aryl methyl sites for hydroxylation is 1. The molecular weight excluding hydrogens is 442 g/mol. The van der Waals surface area contributed by atoms with E-state index in [-0.39, 0.29) is 24.0 Å². The van der Waals surface area contributed by atoms with Crippen molar-refractivity contribution in [1.82, 2.24) is 19.7 Å². The molecule has 33 heavy (non-hydrogen) atoms. The summed E-state index contributed by atoms with van der Waals surface area (Å²) in [5.74, 6) is 1.54. The maximum Gasteiger partial charge on any atom is 0.263 e. The van der Waals surface area contributed by atoms with Crippen LogP contribution in [0, 0.1) is 0 Å². The fraction of sp³-hybridized carbons (Fsp3) is 0.217. The van der Waals surface area contributed by atoms with E-state index >= 15 is 0 Å². The second kappa shape index (κ2) is 8.91. The lowest BCUT2D eigenvalue weighted by molar-refractivity contribution is -0.118. The highest BCUT2D eigenvalue weighted by Gasteiger charge is 2.21. The summed E-state index contributed by atoms with van der Waals surface area (Å²) >= 11 is 1.53. The van der Waals surface area contributed by atoms with Crippen LogP contribution < -0.4 is 20.3 Å². The smallest absolute Gasteiger partial charge is 0.263 e. The van der Waals surface area contributed by atoms with E-state index in [1.165, 1.54) is 16.0 Å². The first kappa shape index (κ1) is 21.0. The molecule has 0 fully saturated rings. The van der Waals surface area contributed by atoms with Crippen LogP contribution in [-0.4, -0.2) is 39.4 Å². The van der Waals surface area contributed by atoms with E-state index in [2.05, 4.69) is 20.4 Å². The summed E-state index contributed by atoms with van der Waals surface area (Å²) in [5.41, 5.74) is 2.00. The van der Waals surface area contributed by atoms with Gasteiger partial charge in [0.05, 0.1) is 17.7 Å². The average Bonchev–Trinajstić information content (AvgIpc) is 3.58. The molecule has 0 unspecified atom stereocenters. The molecule has 0 bridgehead atoms. The summed E-state index contributed by atoms with van der Waals surface area (Å²) in [6, 6.07) is 12.6. The Hall–Kier alpha value is -3.92. The Labute approximate surface area is 193 Å². The molecule has 0 atom stereocenters. The summed E-state index contributed by atoms with van der Waals surface area (Å²) in [4.78, 5) is 33.5. The second-order valence-corrected chi connectivity index (χ2v) is 8.43. The topological polar surface area (TPSA) is 111 Å². The van der Waals surface area contributed by atoms with Crippen molar-refractivity contribution in [3.63, 3.8) is 0 Å². The van der Waals surface area contributed by atoms with Crippen LogP contribution in [0.15, 0.2) is 52.6 Å². The summed E-state index contributed by atoms with van der Waals surface area (Å²) < 4.78 is 12.2. The van der Waals surface area contributed by atoms with Gasteiger partial charge in [0.1, 0.15) is 23.0 Å². The number of ether oxygens (including phenoxy) is 2. The molecule has 0 saturated heterocycles. The lowest BCUT2D eigenvalue weighted by Crippen LogP contribution is -2.24. The molecule has 2 N–H and O–H groups in total. The summed E-state index contributed by atoms with van der Waals surface area (Å²) in [6.45, 7) is -0.194. The van der Waals surface area contributed by atoms with Crippen LogP contribution in [-0.2, 0) is 17.6 Å². The van der Waals surface area contributed by atoms with Crippen molar-refractivity contribution >= 4 is 23.1 Å². The fourth-order valence-corrected chi connectivity index (χ4v) is 4.39. The summed E-state index contributed by atoms with van der Waals surface area (Å²) in [6.07, 6.45) is 2.38. The minimum Gasteiger partial charge on any atom is -0.497 e. The van der Waals surface area contributed by atoms with E-state index in [1.54, 1.807) is 37.4 Å². The lowest BCUT2D eigenvalue weighted by Gasteiger charge is -2.10. The number of methoxy groups -OCH3 is 1. The number of aromatic amines is 1. The SMILES string of the molecule is COc1ccc(OCC(=O)Nc2cc(-c3cccs3)nn2-c2nc3c(c(=O)[nH]2)CCC3)cc1. The van der Waals surface area contributed by atoms with Crippen molar-refractivity contribution < 1.29 is 14.3 Å². The number of hydrogen-bond acceptors (Lipinski definition) is 7. The van der Waals surface area contributed by atoms with Gasteiger partial charge < -0.3 is 14.8 Å². The van der Waals surface area contributed by atoms with Crippen LogP contribution in [0.5, 0.6) is 11.5 Å². The Morgan fingerprint density at radius 3 is 2.79 bits per heavy atom. The van der Waals surface area contributed by atoms with Crippen LogP contribution >= 0.6 is 11.3 Å². The zero-order valence-corrected chi connectivity index (χ0v) is 18.6. The van der Waals surface area contributed by atoms with E-state index in [0.29, 0.717) is 23.0 Å². The molecule has 1 amide bonds. The van der Waals surface area contributed by atoms with Crippen LogP contribution in [0.4, 0.5) is 5.82 Å². The van der Waals surface area contributed by atoms with E-state index < -0.39 is 0 Å². The van der Waals surface area contributed by atoms with Crippen molar-refractivity contribution in [3.8, 4) is 28.0 Å². The third kappa shape index (κ3) is 4.37. The first-order chi connectivity index (χ1) is 16.1. The number of anilines is 1. The predicted molar refractivity (Wildman–Crippen MR) is 124 cm³/mol. The minimum atomic E-state index is -0.367. The summed E-state index contributed by atoms with van der Waals surface area (Å²) in [7, 11) is 1.58. The molecule has 1 aliphatic carbocycles. The largest absolute Gasteiger partial charge is 0.497 e. The Kier molecular flexibility index (Phi) is 5.66. The third-order valence-electron chi connectivity index (χ3n) is 5.31. The number of carbonyl (C=O) groups excluding carboxylic acids is 1. The number of hydrogen-bond donors (Lipinski definition) is 2. The number of thiophene rings is 1. The summed E-state index contributed by atoms with van der Waals surface area (Å²) in [5, 5.41) is 9.38. The molecule has 4 aromatic rings. The van der Waals surface area contributed by atoms with Crippen LogP contribution in [0.25, 0.3) is 16.5 Å². The molecule has 0 saturated carbocycles. The minimum absolute atomic E-state index is 0.166. The van der Waals surface area contributed by atoms with Gasteiger partial charge in [-0.3, -0.25) is 14.6 Å². The number of H-pyrrole nitrogens is 1. The quantitative estimate of drug-likeness (QED) is 0.435. The Balaban J connectivity index is 1.41. The molecule has 1 aromatic carbocycles. The van der Waals surface area contributed by atoms with E-state index in [9.17, 15) is 9.59 Å². The molecule has 0 aliphatic heterocycles. The molecular formula is C23H21N5O4S. The van der Waals surface area contributed by atoms with Crippen molar-refractivity contribution in [2.75, 3.05) is 19.0 Å². The van der Waals surface area contributed by atoms with Gasteiger partial charge in [-0.2, -0.15) is 9.78 Å². The van der Waals surface area contributed by atoms with Crippen molar-refractivity contribution in [2.45, 2.75) is 19.3 Å². The zero-order valence-electron chi connectivity index (χ0n) is 17.8. The number of nitrogens with zero attached hydrogens (tertiary/aromatic N) is 3. The molecule has 168 valence electrons. The van der Waals surface area contributed by atoms with Gasteiger partial charge in [-0.25, -0.2) is 4.98 Å². The Morgan fingerprint density at radius 2 is 2.03 bits per heavy atom. The molecule has 3 heterocycles. The van der Waals surface area contributed by atoms with Gasteiger partial charge >= 0.3 is 0 Å². The Bertz CT molecular complexity index is 1340. The maximum atomic E-state index is 12.7. The highest BCUT2D eigenvalue weighted by Crippen LogP contribution is 2.28. The molecule has 5 rings (SSSR count). The number of amides is 1. The van der Waals surface area contributed by atoms with Crippen molar-refractivity contribution in [3.05, 3.63) is 69.5 Å². The monoisotopic (exact) mass is 463 g/mol. The van der Waals surface area contributed by atoms with Gasteiger partial charge in [0.15, 0.2) is 6.61 Å². The Morgan fingerprint density at radius 1 is 1.21 bits per heavy atom. The van der Waals surface area contributed by atoms with Crippen LogP contribution in [0.1, 0.15) is 17.7 Å². The molecule has 10 heteroatoms. The van der Waals surface area contributed by atoms with Gasteiger partial charge in [-0.05, 0) is 55.0 Å². The second-order valence-electron chi connectivity index (χ2n) is 7.48. The molecule has 0 spiro atoms. The number of rotatable bonds is 7. The van der Waals surface area contributed by atoms with E-state index in [4.69, 9.17) is 9.47 Å². The van der Waals surface area contributed by atoms with E-state index in [1.807, 2.05) is 17.5 Å². The fourth-order valence-electron chi connectivity index (χ4n) is 3.70. The van der Waals surface area contributed by atoms with E-state index in [0.717, 1.165) is 35.4 Å². The van der Waals surface area contributed by atoms with Crippen molar-refractivity contribution in [1.29, 1.82) is 0 Å². The molecule has 3 aromatic heterocycles. The van der Waals surface area contributed by atoms with Crippen molar-refractivity contribution in [2.24, 2.45) is 0 Å². The highest BCUT2D eigenvalue weighted by atomic mass is 32.1. The lowest BCUT2D eigenvalue weighted by atomic mass is 10.3. The first-order valence-electron chi connectivity index (χ1n) is 10.4. The predicted octanol–water partition coefficient (Wildman–Crippen LogP) is 3.20. The first-order valence-corrected chi connectivity index (χ1v) is 11.3. The molecule has 1 aliphatic rings. The third-order valence-corrected chi connectivity index (χ3v) is 6.20. The number of carbonyl (C=O) groups is 1. The van der Waals surface area contributed by atoms with Gasteiger partial charge in [0.2, 0.25) is 5.95 Å². The number of nitrogens with one attached hydrogen (secondary N) is 2. The van der Waals surface area contributed by atoms with Crippen LogP contribution in [0.3, 0.4) is 0 Å². The number of fused-ring (bicyclic) bond motifs is 1. The average molecular weight is 464 g/mol. The van der Waals surface area contributed by atoms with Gasteiger partial charge in [-0.15, -0.1) is 11.3 Å². The zero-order chi connectivity index (χ0) is 22.8. The van der Waals surface area contributed by atoms with Gasteiger partial charge in [0, 0.05) is 11.6 Å². The van der Waals surface area contributed by atoms with Gasteiger partial charge in [-0.1, -0.05) is 6.07 Å². The highest BCUT2D eigenvalue weighted by molar-refractivity contribution is 7.13. The molecule has 0 radical (unpaired) electrons. The van der Waals surface area contributed by atoms with Gasteiger partial charge in [0.25, 0.3) is 11.5 Å². The normalized spacial score (nSPS) is 12.4. The maximum absolute atomic E-state index is 12.7. The number of benzene rings is 1. The standard InChI is InChI=1S/C23H21N5O4S/c1-31-14-7-9-15(10-8-14)32-13-21(29)25-20-12-18(19-6-3-11-33-19)27-28(20)23-24-17-5-2-4-16(17)22(30)26-23/h3,6-12H,2,4-5,13H2,1H3,(H,25,29)(H,24,26,30). The molecule has 9 nitrogen and oxygen atoms in total. The number of aromatic nitrogens is 4.